The summed E-state index contributed by atoms with van der Waals surface area (Å²) < 4.78 is 33.0. The van der Waals surface area contributed by atoms with Gasteiger partial charge in [-0.05, 0) is 13.8 Å². The highest BCUT2D eigenvalue weighted by molar-refractivity contribution is 7.53. The first-order chi connectivity index (χ1) is 10.9. The Morgan fingerprint density at radius 1 is 1.09 bits per heavy atom. The van der Waals surface area contributed by atoms with Crippen molar-refractivity contribution in [2.24, 2.45) is 0 Å². The van der Waals surface area contributed by atoms with E-state index in [1.54, 1.807) is 13.8 Å². The fraction of sp³-hybridized carbons (Fsp3) is 0.667. The van der Waals surface area contributed by atoms with Crippen LogP contribution in [0.25, 0.3) is 0 Å². The number of nitrogens with zero attached hydrogens (tertiary/aromatic N) is 3. The molecule has 0 bridgehead atoms. The highest BCUT2D eigenvalue weighted by Gasteiger charge is 2.29. The Hall–Kier alpha value is -1.77. The molecule has 0 aromatic carbocycles. The summed E-state index contributed by atoms with van der Waals surface area (Å²) >= 11 is 0. The Kier molecular flexibility index (Phi) is 7.34. The highest BCUT2D eigenvalue weighted by atomic mass is 31.2. The van der Waals surface area contributed by atoms with E-state index in [0.29, 0.717) is 0 Å². The van der Waals surface area contributed by atoms with E-state index in [-0.39, 0.29) is 37.3 Å². The minimum atomic E-state index is -3.32. The molecule has 130 valence electrons. The third-order valence-electron chi connectivity index (χ3n) is 2.73. The average molecular weight is 349 g/mol. The molecule has 0 N–H and O–H groups in total. The molecule has 0 aliphatic rings. The molecule has 1 aromatic rings. The summed E-state index contributed by atoms with van der Waals surface area (Å²) in [5, 5.41) is 7.33. The van der Waals surface area contributed by atoms with Gasteiger partial charge in [-0.3, -0.25) is 4.57 Å². The summed E-state index contributed by atoms with van der Waals surface area (Å²) in [6.07, 6.45) is -0.0390. The maximum atomic E-state index is 12.4. The summed E-state index contributed by atoms with van der Waals surface area (Å²) in [6.45, 7) is 3.80. The molecule has 0 atom stereocenters. The predicted molar refractivity (Wildman–Crippen MR) is 78.4 cm³/mol. The van der Waals surface area contributed by atoms with Crippen LogP contribution >= 0.6 is 7.60 Å². The molecule has 10 nitrogen and oxygen atoms in total. The van der Waals surface area contributed by atoms with Gasteiger partial charge in [-0.1, -0.05) is 5.21 Å². The SMILES string of the molecule is CCOP(=O)(CCn1nnc(C(=O)OC)c1C(=O)OC)OCC. The first-order valence-corrected chi connectivity index (χ1v) is 8.63. The summed E-state index contributed by atoms with van der Waals surface area (Å²) in [7, 11) is -1.01. The summed E-state index contributed by atoms with van der Waals surface area (Å²) in [5.74, 6) is -1.63. The maximum Gasteiger partial charge on any atom is 0.361 e. The molecule has 0 amide bonds. The molecular weight excluding hydrogens is 329 g/mol. The Morgan fingerprint density at radius 3 is 2.13 bits per heavy atom. The number of rotatable bonds is 9. The zero-order valence-corrected chi connectivity index (χ0v) is 14.4. The van der Waals surface area contributed by atoms with E-state index in [1.165, 1.54) is 0 Å². The molecule has 0 spiro atoms. The smallest absolute Gasteiger partial charge is 0.361 e. The van der Waals surface area contributed by atoms with Gasteiger partial charge in [-0.25, -0.2) is 14.3 Å². The minimum Gasteiger partial charge on any atom is -0.464 e. The van der Waals surface area contributed by atoms with Crippen molar-refractivity contribution in [1.29, 1.82) is 0 Å². The van der Waals surface area contributed by atoms with E-state index in [2.05, 4.69) is 19.8 Å². The first kappa shape index (κ1) is 19.3. The lowest BCUT2D eigenvalue weighted by Crippen LogP contribution is -2.18. The molecule has 0 unspecified atom stereocenters. The second kappa shape index (κ2) is 8.76. The van der Waals surface area contributed by atoms with E-state index in [4.69, 9.17) is 9.05 Å². The molecule has 11 heteroatoms. The van der Waals surface area contributed by atoms with Crippen LogP contribution in [0.5, 0.6) is 0 Å². The topological polar surface area (TPSA) is 119 Å². The number of esters is 2. The third kappa shape index (κ3) is 4.85. The van der Waals surface area contributed by atoms with Gasteiger partial charge in [-0.2, -0.15) is 0 Å². The van der Waals surface area contributed by atoms with Crippen LogP contribution in [0.4, 0.5) is 0 Å². The van der Waals surface area contributed by atoms with Gasteiger partial charge in [0, 0.05) is 0 Å². The molecule has 0 aliphatic carbocycles. The van der Waals surface area contributed by atoms with Crippen LogP contribution in [-0.4, -0.2) is 60.5 Å². The fourth-order valence-electron chi connectivity index (χ4n) is 1.78. The molecule has 0 fully saturated rings. The number of hydrogen-bond acceptors (Lipinski definition) is 9. The van der Waals surface area contributed by atoms with Crippen molar-refractivity contribution < 1.29 is 32.7 Å². The fourth-order valence-corrected chi connectivity index (χ4v) is 3.33. The summed E-state index contributed by atoms with van der Waals surface area (Å²) in [5.41, 5.74) is -0.458. The number of aryl methyl sites for hydroxylation is 1. The molecule has 1 rings (SSSR count). The van der Waals surface area contributed by atoms with Crippen LogP contribution in [0.15, 0.2) is 0 Å². The molecular formula is C12H20N3O7P. The van der Waals surface area contributed by atoms with Crippen molar-refractivity contribution in [2.75, 3.05) is 33.6 Å². The van der Waals surface area contributed by atoms with Gasteiger partial charge in [0.25, 0.3) is 0 Å². The average Bonchev–Trinajstić information content (AvgIpc) is 2.96. The van der Waals surface area contributed by atoms with Crippen LogP contribution in [0.1, 0.15) is 34.8 Å². The van der Waals surface area contributed by atoms with E-state index in [0.717, 1.165) is 18.9 Å². The number of aromatic nitrogens is 3. The molecule has 1 heterocycles. The van der Waals surface area contributed by atoms with Gasteiger partial charge >= 0.3 is 19.5 Å². The van der Waals surface area contributed by atoms with Gasteiger partial charge in [0.15, 0.2) is 5.69 Å². The zero-order valence-electron chi connectivity index (χ0n) is 13.5. The lowest BCUT2D eigenvalue weighted by atomic mass is 10.3. The van der Waals surface area contributed by atoms with Gasteiger partial charge in [0.1, 0.15) is 0 Å². The Balaban J connectivity index is 3.04. The minimum absolute atomic E-state index is 0.00823. The molecule has 0 saturated carbocycles. The lowest BCUT2D eigenvalue weighted by molar-refractivity contribution is 0.0543. The number of carbonyl (C=O) groups is 2. The number of carbonyl (C=O) groups excluding carboxylic acids is 2. The molecule has 0 saturated heterocycles. The summed E-state index contributed by atoms with van der Waals surface area (Å²) in [4.78, 5) is 23.5. The quantitative estimate of drug-likeness (QED) is 0.477. The van der Waals surface area contributed by atoms with E-state index >= 15 is 0 Å². The number of hydrogen-bond donors (Lipinski definition) is 0. The van der Waals surface area contributed by atoms with Crippen LogP contribution < -0.4 is 0 Å². The number of ether oxygens (including phenoxy) is 2. The van der Waals surface area contributed by atoms with Crippen molar-refractivity contribution in [3.8, 4) is 0 Å². The monoisotopic (exact) mass is 349 g/mol. The van der Waals surface area contributed by atoms with Crippen LogP contribution in [0, 0.1) is 0 Å². The van der Waals surface area contributed by atoms with Crippen molar-refractivity contribution in [1.82, 2.24) is 15.0 Å². The Bertz CT molecular complexity index is 591. The first-order valence-electron chi connectivity index (χ1n) is 6.90. The van der Waals surface area contributed by atoms with Crippen molar-refractivity contribution in [3.63, 3.8) is 0 Å². The summed E-state index contributed by atoms with van der Waals surface area (Å²) in [6, 6.07) is 0. The Labute approximate surface area is 133 Å². The highest BCUT2D eigenvalue weighted by Crippen LogP contribution is 2.47. The van der Waals surface area contributed by atoms with E-state index in [9.17, 15) is 14.2 Å². The van der Waals surface area contributed by atoms with Crippen LogP contribution in [0.2, 0.25) is 0 Å². The van der Waals surface area contributed by atoms with E-state index < -0.39 is 19.5 Å². The molecule has 1 aromatic heterocycles. The van der Waals surface area contributed by atoms with Gasteiger partial charge < -0.3 is 18.5 Å². The normalized spacial score (nSPS) is 11.3. The zero-order chi connectivity index (χ0) is 17.5. The Morgan fingerprint density at radius 2 is 1.65 bits per heavy atom. The second-order valence-corrected chi connectivity index (χ2v) is 6.35. The van der Waals surface area contributed by atoms with Gasteiger partial charge in [-0.15, -0.1) is 5.10 Å². The molecule has 0 radical (unpaired) electrons. The predicted octanol–water partition coefficient (Wildman–Crippen LogP) is 1.12. The standard InChI is InChI=1S/C12H20N3O7P/c1-5-21-23(18,22-6-2)8-7-15-10(12(17)20-4)9(13-14-15)11(16)19-3/h5-8H2,1-4H3. The third-order valence-corrected chi connectivity index (χ3v) is 4.78. The molecule has 0 aliphatic heterocycles. The maximum absolute atomic E-state index is 12.4. The van der Waals surface area contributed by atoms with E-state index in [1.807, 2.05) is 0 Å². The van der Waals surface area contributed by atoms with Crippen molar-refractivity contribution >= 4 is 19.5 Å². The number of methoxy groups -OCH3 is 2. The largest absolute Gasteiger partial charge is 0.464 e. The van der Waals surface area contributed by atoms with Crippen LogP contribution in [-0.2, 0) is 29.6 Å². The van der Waals surface area contributed by atoms with Gasteiger partial charge in [0.05, 0.1) is 40.1 Å². The van der Waals surface area contributed by atoms with Crippen molar-refractivity contribution in [3.05, 3.63) is 11.4 Å². The van der Waals surface area contributed by atoms with Crippen molar-refractivity contribution in [2.45, 2.75) is 20.4 Å². The van der Waals surface area contributed by atoms with Gasteiger partial charge in [0.2, 0.25) is 5.69 Å². The second-order valence-electron chi connectivity index (χ2n) is 4.16. The molecule has 23 heavy (non-hydrogen) atoms. The lowest BCUT2D eigenvalue weighted by Gasteiger charge is -2.17. The van der Waals surface area contributed by atoms with Crippen LogP contribution in [0.3, 0.4) is 0 Å².